The first-order valence-electron chi connectivity index (χ1n) is 10.4. The van der Waals surface area contributed by atoms with Gasteiger partial charge in [-0.3, -0.25) is 10.2 Å². The number of hydrogen-bond donors (Lipinski definition) is 2. The van der Waals surface area contributed by atoms with Crippen LogP contribution < -0.4 is 11.3 Å². The molecule has 156 valence electrons. The van der Waals surface area contributed by atoms with Crippen molar-refractivity contribution < 1.29 is 19.0 Å². The summed E-state index contributed by atoms with van der Waals surface area (Å²) in [5.74, 6) is 6.75. The quantitative estimate of drug-likeness (QED) is 0.442. The van der Waals surface area contributed by atoms with Gasteiger partial charge in [0, 0.05) is 11.8 Å². The molecular weight excluding hydrogens is 362 g/mol. The number of carbonyl (C=O) groups is 1. The van der Waals surface area contributed by atoms with Crippen molar-refractivity contribution >= 4 is 5.91 Å². The molecule has 9 nitrogen and oxygen atoms in total. The summed E-state index contributed by atoms with van der Waals surface area (Å²) in [7, 11) is 0. The molecule has 2 saturated heterocycles. The van der Waals surface area contributed by atoms with Crippen LogP contribution in [0.15, 0.2) is 6.20 Å². The van der Waals surface area contributed by atoms with E-state index in [9.17, 15) is 4.79 Å². The Morgan fingerprint density at radius 1 is 1.32 bits per heavy atom. The van der Waals surface area contributed by atoms with Gasteiger partial charge in [0.15, 0.2) is 18.3 Å². The van der Waals surface area contributed by atoms with Crippen molar-refractivity contribution in [2.45, 2.75) is 71.2 Å². The summed E-state index contributed by atoms with van der Waals surface area (Å²) in [4.78, 5) is 11.5. The second kappa shape index (κ2) is 8.44. The highest BCUT2D eigenvalue weighted by atomic mass is 16.8. The van der Waals surface area contributed by atoms with Crippen molar-refractivity contribution in [2.24, 2.45) is 29.5 Å². The second-order valence-corrected chi connectivity index (χ2v) is 8.40. The minimum Gasteiger partial charge on any atom is -0.350 e. The molecule has 1 amide bonds. The highest BCUT2D eigenvalue weighted by Gasteiger charge is 2.50. The molecule has 7 atom stereocenters. The van der Waals surface area contributed by atoms with Crippen LogP contribution in [-0.2, 0) is 20.8 Å². The number of nitrogens with two attached hydrogens (primary N) is 1. The third-order valence-corrected chi connectivity index (χ3v) is 6.65. The number of nitrogen functional groups attached to an aromatic ring is 1. The van der Waals surface area contributed by atoms with E-state index in [1.54, 1.807) is 10.9 Å². The van der Waals surface area contributed by atoms with E-state index in [1.165, 1.54) is 25.7 Å². The van der Waals surface area contributed by atoms with E-state index in [-0.39, 0.29) is 24.4 Å². The lowest BCUT2D eigenvalue weighted by Gasteiger charge is -2.50. The van der Waals surface area contributed by atoms with Crippen molar-refractivity contribution in [1.29, 1.82) is 0 Å². The third-order valence-electron chi connectivity index (χ3n) is 6.65. The summed E-state index contributed by atoms with van der Waals surface area (Å²) in [6, 6.07) is 0. The predicted octanol–water partition coefficient (Wildman–Crippen LogP) is 1.45. The molecule has 0 aromatic carbocycles. The van der Waals surface area contributed by atoms with Crippen LogP contribution in [0.1, 0.15) is 56.4 Å². The molecule has 3 fully saturated rings. The number of nitrogens with one attached hydrogen (secondary N) is 1. The molecule has 1 aliphatic carbocycles. The number of amides is 1. The average Bonchev–Trinajstić information content (AvgIpc) is 3.11. The Balaban J connectivity index is 1.37. The molecule has 0 radical (unpaired) electrons. The Hall–Kier alpha value is -1.55. The second-order valence-electron chi connectivity index (χ2n) is 8.40. The van der Waals surface area contributed by atoms with Gasteiger partial charge >= 0.3 is 0 Å². The zero-order valence-electron chi connectivity index (χ0n) is 16.6. The predicted molar refractivity (Wildman–Crippen MR) is 99.6 cm³/mol. The zero-order valence-corrected chi connectivity index (χ0v) is 16.6. The molecule has 3 heterocycles. The van der Waals surface area contributed by atoms with Gasteiger partial charge in [0.25, 0.3) is 5.91 Å². The Morgan fingerprint density at radius 2 is 2.18 bits per heavy atom. The molecule has 0 spiro atoms. The topological polar surface area (TPSA) is 114 Å². The normalized spacial score (nSPS) is 37.8. The maximum atomic E-state index is 11.5. The van der Waals surface area contributed by atoms with Crippen LogP contribution in [0, 0.1) is 23.7 Å². The molecule has 2 aliphatic heterocycles. The molecule has 3 N–H and O–H groups in total. The van der Waals surface area contributed by atoms with Crippen molar-refractivity contribution in [3.05, 3.63) is 11.9 Å². The number of ether oxygens (including phenoxy) is 3. The van der Waals surface area contributed by atoms with Crippen molar-refractivity contribution in [1.82, 2.24) is 20.4 Å². The summed E-state index contributed by atoms with van der Waals surface area (Å²) in [5, 5.41) is 7.73. The first-order chi connectivity index (χ1) is 13.6. The molecule has 4 rings (SSSR count). The van der Waals surface area contributed by atoms with Gasteiger partial charge in [-0.15, -0.1) is 5.10 Å². The fourth-order valence-corrected chi connectivity index (χ4v) is 5.18. The van der Waals surface area contributed by atoms with Crippen molar-refractivity contribution in [3.63, 3.8) is 0 Å². The Kier molecular flexibility index (Phi) is 5.96. The average molecular weight is 393 g/mol. The van der Waals surface area contributed by atoms with Crippen LogP contribution in [0.25, 0.3) is 0 Å². The molecule has 5 unspecified atom stereocenters. The lowest BCUT2D eigenvalue weighted by atomic mass is 9.65. The number of aromatic nitrogens is 3. The van der Waals surface area contributed by atoms with E-state index in [1.807, 2.05) is 5.43 Å². The summed E-state index contributed by atoms with van der Waals surface area (Å²) < 4.78 is 20.2. The van der Waals surface area contributed by atoms with Crippen LogP contribution in [-0.4, -0.2) is 46.2 Å². The third kappa shape index (κ3) is 3.94. The number of nitrogens with zero attached hydrogens (tertiary/aromatic N) is 3. The Bertz CT molecular complexity index is 683. The van der Waals surface area contributed by atoms with Crippen LogP contribution in [0.3, 0.4) is 0 Å². The SMILES string of the molecule is C[C@H]1C(OCCn2cc(C(=O)NN)nn2)OC2O[C@@H](C)CCC3CCCC1C32. The van der Waals surface area contributed by atoms with Crippen molar-refractivity contribution in [3.8, 4) is 0 Å². The maximum absolute atomic E-state index is 11.5. The summed E-state index contributed by atoms with van der Waals surface area (Å²) >= 11 is 0. The van der Waals surface area contributed by atoms with Crippen LogP contribution >= 0.6 is 0 Å². The first-order valence-corrected chi connectivity index (χ1v) is 10.4. The van der Waals surface area contributed by atoms with Crippen LogP contribution in [0.4, 0.5) is 0 Å². The van der Waals surface area contributed by atoms with Gasteiger partial charge in [0.1, 0.15) is 0 Å². The fourth-order valence-electron chi connectivity index (χ4n) is 5.18. The highest BCUT2D eigenvalue weighted by molar-refractivity contribution is 5.91. The molecule has 1 aromatic rings. The number of hydrogen-bond acceptors (Lipinski definition) is 7. The standard InChI is InChI=1S/C19H31N5O4/c1-11-6-7-13-4-3-5-14-12(2)18(28-19(27-11)16(13)14)26-9-8-24-10-15(22-23-24)17(25)21-20/h10-14,16,18-19H,3-9,20H2,1-2H3,(H,21,25)/t11-,12+,13?,14?,16?,18?,19?/m0/s1. The van der Waals surface area contributed by atoms with E-state index < -0.39 is 5.91 Å². The van der Waals surface area contributed by atoms with Gasteiger partial charge in [0.2, 0.25) is 0 Å². The van der Waals surface area contributed by atoms with E-state index in [0.29, 0.717) is 36.8 Å². The maximum Gasteiger partial charge on any atom is 0.287 e. The van der Waals surface area contributed by atoms with Gasteiger partial charge in [-0.1, -0.05) is 18.6 Å². The Morgan fingerprint density at radius 3 is 3.00 bits per heavy atom. The molecular formula is C19H31N5O4. The van der Waals surface area contributed by atoms with Gasteiger partial charge in [-0.25, -0.2) is 10.5 Å². The molecule has 1 aromatic heterocycles. The van der Waals surface area contributed by atoms with E-state index in [0.717, 1.165) is 6.42 Å². The van der Waals surface area contributed by atoms with Gasteiger partial charge in [0.05, 0.1) is 25.5 Å². The van der Waals surface area contributed by atoms with Gasteiger partial charge < -0.3 is 14.2 Å². The minimum atomic E-state index is -0.464. The summed E-state index contributed by atoms with van der Waals surface area (Å²) in [5.41, 5.74) is 2.23. The molecule has 0 bridgehead atoms. The smallest absolute Gasteiger partial charge is 0.287 e. The van der Waals surface area contributed by atoms with E-state index in [2.05, 4.69) is 24.2 Å². The van der Waals surface area contributed by atoms with Gasteiger partial charge in [-0.2, -0.15) is 0 Å². The number of carbonyl (C=O) groups excluding carboxylic acids is 1. The van der Waals surface area contributed by atoms with Crippen molar-refractivity contribution in [2.75, 3.05) is 6.61 Å². The Labute approximate surface area is 165 Å². The van der Waals surface area contributed by atoms with E-state index in [4.69, 9.17) is 20.1 Å². The molecule has 28 heavy (non-hydrogen) atoms. The number of rotatable bonds is 5. The lowest BCUT2D eigenvalue weighted by molar-refractivity contribution is -0.332. The minimum absolute atomic E-state index is 0.166. The first kappa shape index (κ1) is 19.8. The molecule has 3 aliphatic rings. The fraction of sp³-hybridized carbons (Fsp3) is 0.842. The van der Waals surface area contributed by atoms with E-state index >= 15 is 0 Å². The van der Waals surface area contributed by atoms with Crippen LogP contribution in [0.5, 0.6) is 0 Å². The summed E-state index contributed by atoms with van der Waals surface area (Å²) in [6.07, 6.45) is 7.48. The van der Waals surface area contributed by atoms with Crippen LogP contribution in [0.2, 0.25) is 0 Å². The zero-order chi connectivity index (χ0) is 19.7. The lowest BCUT2D eigenvalue weighted by Crippen LogP contribution is -2.52. The largest absolute Gasteiger partial charge is 0.350 e. The summed E-state index contributed by atoms with van der Waals surface area (Å²) in [6.45, 7) is 5.28. The number of hydrazine groups is 1. The monoisotopic (exact) mass is 393 g/mol. The highest BCUT2D eigenvalue weighted by Crippen LogP contribution is 2.50. The van der Waals surface area contributed by atoms with Gasteiger partial charge in [-0.05, 0) is 44.4 Å². The molecule has 9 heteroatoms. The molecule has 1 saturated carbocycles.